The molecule has 0 saturated heterocycles. The minimum Gasteiger partial charge on any atom is -0.327 e. The molecule has 0 aliphatic rings. The van der Waals surface area contributed by atoms with Crippen molar-refractivity contribution in [1.82, 2.24) is 19.9 Å². The number of carbonyl (C=O) groups excluding carboxylic acids is 1. The van der Waals surface area contributed by atoms with Crippen molar-refractivity contribution in [3.05, 3.63) is 63.5 Å². The summed E-state index contributed by atoms with van der Waals surface area (Å²) in [5, 5.41) is 2.56. The molecule has 134 valence electrons. The monoisotopic (exact) mass is 375 g/mol. The standard InChI is InChI=1S/C17H15ClFN5O2/c1-9(11-8-22-16(25)15-14(11)20-5-6-21-15)24(2)17(26)23-10-3-4-13(19)12(18)7-10/h3-9H,1-2H3,(H,22,25)(H,23,26). The molecule has 2 N–H and O–H groups in total. The van der Waals surface area contributed by atoms with Gasteiger partial charge in [0.2, 0.25) is 0 Å². The molecule has 1 aromatic carbocycles. The van der Waals surface area contributed by atoms with Crippen molar-refractivity contribution in [2.75, 3.05) is 12.4 Å². The highest BCUT2D eigenvalue weighted by molar-refractivity contribution is 6.31. The van der Waals surface area contributed by atoms with Crippen molar-refractivity contribution in [2.24, 2.45) is 0 Å². The van der Waals surface area contributed by atoms with Crippen LogP contribution in [-0.4, -0.2) is 32.9 Å². The zero-order chi connectivity index (χ0) is 18.8. The van der Waals surface area contributed by atoms with Crippen LogP contribution in [0.5, 0.6) is 0 Å². The van der Waals surface area contributed by atoms with Gasteiger partial charge in [-0.1, -0.05) is 11.6 Å². The topological polar surface area (TPSA) is 91.0 Å². The van der Waals surface area contributed by atoms with Crippen molar-refractivity contribution in [2.45, 2.75) is 13.0 Å². The Hall–Kier alpha value is -3.00. The van der Waals surface area contributed by atoms with Gasteiger partial charge in [-0.15, -0.1) is 0 Å². The van der Waals surface area contributed by atoms with Gasteiger partial charge in [0, 0.05) is 36.9 Å². The van der Waals surface area contributed by atoms with Crippen LogP contribution in [0.3, 0.4) is 0 Å². The average molecular weight is 376 g/mol. The second-order valence-corrected chi connectivity index (χ2v) is 6.08. The van der Waals surface area contributed by atoms with Crippen LogP contribution in [0.2, 0.25) is 5.02 Å². The molecule has 0 aliphatic carbocycles. The number of nitrogens with zero attached hydrogens (tertiary/aromatic N) is 3. The van der Waals surface area contributed by atoms with Gasteiger partial charge in [0.25, 0.3) is 5.56 Å². The zero-order valence-corrected chi connectivity index (χ0v) is 14.7. The number of urea groups is 1. The Morgan fingerprint density at radius 1 is 1.31 bits per heavy atom. The quantitative estimate of drug-likeness (QED) is 0.734. The van der Waals surface area contributed by atoms with E-state index in [9.17, 15) is 14.0 Å². The third-order valence-corrected chi connectivity index (χ3v) is 4.36. The van der Waals surface area contributed by atoms with Crippen molar-refractivity contribution < 1.29 is 9.18 Å². The lowest BCUT2D eigenvalue weighted by atomic mass is 10.1. The van der Waals surface area contributed by atoms with Gasteiger partial charge in [-0.05, 0) is 25.1 Å². The first kappa shape index (κ1) is 17.8. The van der Waals surface area contributed by atoms with Gasteiger partial charge >= 0.3 is 6.03 Å². The van der Waals surface area contributed by atoms with Crippen LogP contribution in [0.4, 0.5) is 14.9 Å². The molecule has 0 spiro atoms. The fourth-order valence-corrected chi connectivity index (χ4v) is 2.66. The van der Waals surface area contributed by atoms with E-state index in [1.54, 1.807) is 14.0 Å². The molecule has 0 aliphatic heterocycles. The zero-order valence-electron chi connectivity index (χ0n) is 14.0. The molecular formula is C17H15ClFN5O2. The summed E-state index contributed by atoms with van der Waals surface area (Å²) in [6, 6.07) is 3.07. The Balaban J connectivity index is 1.86. The molecule has 3 aromatic rings. The summed E-state index contributed by atoms with van der Waals surface area (Å²) < 4.78 is 13.2. The van der Waals surface area contributed by atoms with E-state index in [-0.39, 0.29) is 16.1 Å². The summed E-state index contributed by atoms with van der Waals surface area (Å²) in [7, 11) is 1.60. The average Bonchev–Trinajstić information content (AvgIpc) is 2.64. The van der Waals surface area contributed by atoms with Crippen molar-refractivity contribution in [1.29, 1.82) is 0 Å². The highest BCUT2D eigenvalue weighted by atomic mass is 35.5. The van der Waals surface area contributed by atoms with E-state index in [1.165, 1.54) is 41.7 Å². The number of aromatic amines is 1. The van der Waals surface area contributed by atoms with E-state index in [1.807, 2.05) is 0 Å². The number of benzene rings is 1. The number of aromatic nitrogens is 3. The van der Waals surface area contributed by atoms with Gasteiger partial charge in [-0.3, -0.25) is 9.78 Å². The summed E-state index contributed by atoms with van der Waals surface area (Å²) in [4.78, 5) is 36.6. The number of fused-ring (bicyclic) bond motifs is 1. The highest BCUT2D eigenvalue weighted by Gasteiger charge is 2.21. The molecule has 9 heteroatoms. The second kappa shape index (κ2) is 7.09. The molecule has 2 heterocycles. The Morgan fingerprint density at radius 3 is 2.69 bits per heavy atom. The molecule has 2 amide bonds. The van der Waals surface area contributed by atoms with E-state index in [0.29, 0.717) is 16.8 Å². The molecule has 26 heavy (non-hydrogen) atoms. The molecular weight excluding hydrogens is 361 g/mol. The third kappa shape index (κ3) is 3.36. The van der Waals surface area contributed by atoms with Gasteiger partial charge in [0.05, 0.1) is 11.1 Å². The molecule has 0 fully saturated rings. The molecule has 0 saturated carbocycles. The number of hydrogen-bond acceptors (Lipinski definition) is 4. The fraction of sp³-hybridized carbons (Fsp3) is 0.176. The van der Waals surface area contributed by atoms with Gasteiger partial charge in [-0.2, -0.15) is 0 Å². The SMILES string of the molecule is CC(c1c[nH]c(=O)c2nccnc12)N(C)C(=O)Nc1ccc(F)c(Cl)c1. The van der Waals surface area contributed by atoms with E-state index >= 15 is 0 Å². The van der Waals surface area contributed by atoms with Gasteiger partial charge in [-0.25, -0.2) is 14.2 Å². The number of H-pyrrole nitrogens is 1. The van der Waals surface area contributed by atoms with Crippen molar-refractivity contribution in [3.8, 4) is 0 Å². The molecule has 2 aromatic heterocycles. The summed E-state index contributed by atoms with van der Waals surface area (Å²) >= 11 is 5.73. The number of rotatable bonds is 3. The van der Waals surface area contributed by atoms with Gasteiger partial charge in [0.1, 0.15) is 11.3 Å². The van der Waals surface area contributed by atoms with E-state index in [0.717, 1.165) is 0 Å². The minimum absolute atomic E-state index is 0.0830. The van der Waals surface area contributed by atoms with Crippen LogP contribution in [0.25, 0.3) is 11.0 Å². The summed E-state index contributed by atoms with van der Waals surface area (Å²) in [6.45, 7) is 1.79. The largest absolute Gasteiger partial charge is 0.327 e. The smallest absolute Gasteiger partial charge is 0.322 e. The molecule has 7 nitrogen and oxygen atoms in total. The predicted molar refractivity (Wildman–Crippen MR) is 96.8 cm³/mol. The lowest BCUT2D eigenvalue weighted by molar-refractivity contribution is 0.208. The number of carbonyl (C=O) groups is 1. The Bertz CT molecular complexity index is 1040. The first-order valence-corrected chi connectivity index (χ1v) is 8.07. The fourth-order valence-electron chi connectivity index (χ4n) is 2.48. The lowest BCUT2D eigenvalue weighted by Gasteiger charge is -2.26. The van der Waals surface area contributed by atoms with E-state index < -0.39 is 17.9 Å². The molecule has 0 bridgehead atoms. The number of nitrogens with one attached hydrogen (secondary N) is 2. The highest BCUT2D eigenvalue weighted by Crippen LogP contribution is 2.24. The Morgan fingerprint density at radius 2 is 2.00 bits per heavy atom. The normalized spacial score (nSPS) is 12.0. The molecule has 1 unspecified atom stereocenters. The number of hydrogen-bond donors (Lipinski definition) is 2. The van der Waals surface area contributed by atoms with Crippen molar-refractivity contribution in [3.63, 3.8) is 0 Å². The minimum atomic E-state index is -0.565. The van der Waals surface area contributed by atoms with Crippen LogP contribution in [-0.2, 0) is 0 Å². The van der Waals surface area contributed by atoms with Crippen LogP contribution >= 0.6 is 11.6 Å². The maximum absolute atomic E-state index is 13.2. The van der Waals surface area contributed by atoms with Crippen LogP contribution < -0.4 is 10.9 Å². The first-order chi connectivity index (χ1) is 12.4. The molecule has 3 rings (SSSR count). The third-order valence-electron chi connectivity index (χ3n) is 4.07. The van der Waals surface area contributed by atoms with E-state index in [2.05, 4.69) is 20.3 Å². The molecule has 0 radical (unpaired) electrons. The van der Waals surface area contributed by atoms with Gasteiger partial charge < -0.3 is 15.2 Å². The Labute approximate surface area is 152 Å². The summed E-state index contributed by atoms with van der Waals surface area (Å²) in [6.07, 6.45) is 4.43. The maximum Gasteiger partial charge on any atom is 0.322 e. The lowest BCUT2D eigenvalue weighted by Crippen LogP contribution is -2.34. The molecule has 1 atom stereocenters. The first-order valence-electron chi connectivity index (χ1n) is 7.69. The van der Waals surface area contributed by atoms with Gasteiger partial charge in [0.15, 0.2) is 5.52 Å². The number of halogens is 2. The summed E-state index contributed by atoms with van der Waals surface area (Å²) in [5.41, 5.74) is 1.29. The summed E-state index contributed by atoms with van der Waals surface area (Å²) in [5.74, 6) is -0.565. The van der Waals surface area contributed by atoms with Crippen LogP contribution in [0.1, 0.15) is 18.5 Å². The number of amides is 2. The second-order valence-electron chi connectivity index (χ2n) is 5.67. The predicted octanol–water partition coefficient (Wildman–Crippen LogP) is 3.34. The Kier molecular flexibility index (Phi) is 4.85. The van der Waals surface area contributed by atoms with Crippen LogP contribution in [0, 0.1) is 5.82 Å². The van der Waals surface area contributed by atoms with Crippen molar-refractivity contribution >= 4 is 34.4 Å². The number of pyridine rings is 1. The van der Waals surface area contributed by atoms with E-state index in [4.69, 9.17) is 11.6 Å². The van der Waals surface area contributed by atoms with Crippen LogP contribution in [0.15, 0.2) is 41.6 Å². The maximum atomic E-state index is 13.2. The number of anilines is 1.